The van der Waals surface area contributed by atoms with Crippen molar-refractivity contribution >= 4 is 23.2 Å². The fourth-order valence-corrected chi connectivity index (χ4v) is 2.54. The molecule has 0 aliphatic rings. The summed E-state index contributed by atoms with van der Waals surface area (Å²) >= 11 is 5.77. The van der Waals surface area contributed by atoms with Crippen LogP contribution in [0.1, 0.15) is 30.5 Å². The second-order valence-electron chi connectivity index (χ2n) is 5.29. The molecule has 1 heterocycles. The van der Waals surface area contributed by atoms with Gasteiger partial charge in [0.2, 0.25) is 0 Å². The quantitative estimate of drug-likeness (QED) is 0.480. The predicted octanol–water partition coefficient (Wildman–Crippen LogP) is 3.83. The lowest BCUT2D eigenvalue weighted by molar-refractivity contribution is 0.954. The largest absolute Gasteiger partial charge is 0.370 e. The molecule has 2 rings (SSSR count). The summed E-state index contributed by atoms with van der Waals surface area (Å²) in [6, 6.07) is 10.1. The van der Waals surface area contributed by atoms with Crippen LogP contribution in [0.25, 0.3) is 0 Å². The summed E-state index contributed by atoms with van der Waals surface area (Å²) in [6.07, 6.45) is 4.46. The maximum absolute atomic E-state index is 6.04. The van der Waals surface area contributed by atoms with Crippen LogP contribution in [-0.4, -0.2) is 17.5 Å². The molecule has 0 spiro atoms. The number of nitrogens with two attached hydrogens (primary N) is 1. The second-order valence-corrected chi connectivity index (χ2v) is 5.68. The maximum atomic E-state index is 6.04. The predicted molar refractivity (Wildman–Crippen MR) is 98.3 cm³/mol. The first kappa shape index (κ1) is 17.3. The first-order valence-electron chi connectivity index (χ1n) is 7.92. The third-order valence-corrected chi connectivity index (χ3v) is 3.95. The zero-order chi connectivity index (χ0) is 16.7. The van der Waals surface area contributed by atoms with Gasteiger partial charge in [-0.05, 0) is 42.0 Å². The smallest absolute Gasteiger partial charge is 0.193 e. The molecule has 0 aliphatic carbocycles. The lowest BCUT2D eigenvalue weighted by Gasteiger charge is -2.14. The number of rotatable bonds is 6. The maximum Gasteiger partial charge on any atom is 0.193 e. The number of aromatic nitrogens is 1. The summed E-state index contributed by atoms with van der Waals surface area (Å²) in [5.41, 5.74) is 10.7. The van der Waals surface area contributed by atoms with Crippen LogP contribution < -0.4 is 11.1 Å². The van der Waals surface area contributed by atoms with E-state index in [1.165, 1.54) is 11.1 Å². The molecule has 0 amide bonds. The summed E-state index contributed by atoms with van der Waals surface area (Å²) in [4.78, 5) is 8.47. The van der Waals surface area contributed by atoms with Gasteiger partial charge in [-0.2, -0.15) is 0 Å². The van der Waals surface area contributed by atoms with E-state index in [9.17, 15) is 0 Å². The van der Waals surface area contributed by atoms with E-state index in [1.54, 1.807) is 12.3 Å². The molecular formula is C18H23ClN4. The Hall–Kier alpha value is -2.07. The minimum atomic E-state index is 0.447. The Morgan fingerprint density at radius 1 is 1.17 bits per heavy atom. The van der Waals surface area contributed by atoms with E-state index < -0.39 is 0 Å². The molecule has 0 radical (unpaired) electrons. The van der Waals surface area contributed by atoms with Crippen LogP contribution in [0.2, 0.25) is 5.15 Å². The van der Waals surface area contributed by atoms with Crippen molar-refractivity contribution in [2.45, 2.75) is 33.1 Å². The van der Waals surface area contributed by atoms with Gasteiger partial charge < -0.3 is 11.1 Å². The monoisotopic (exact) mass is 330 g/mol. The van der Waals surface area contributed by atoms with Crippen LogP contribution in [-0.2, 0) is 19.3 Å². The number of halogens is 1. The van der Waals surface area contributed by atoms with Crippen molar-refractivity contribution < 1.29 is 0 Å². The van der Waals surface area contributed by atoms with Crippen LogP contribution in [0.15, 0.2) is 41.5 Å². The van der Waals surface area contributed by atoms with Gasteiger partial charge in [0.15, 0.2) is 5.96 Å². The van der Waals surface area contributed by atoms with E-state index in [1.807, 2.05) is 6.07 Å². The van der Waals surface area contributed by atoms with Crippen molar-refractivity contribution in [3.8, 4) is 0 Å². The number of nitrogens with zero attached hydrogens (tertiary/aromatic N) is 2. The summed E-state index contributed by atoms with van der Waals surface area (Å²) in [5, 5.41) is 3.77. The molecule has 2 aromatic rings. The molecule has 122 valence electrons. The molecule has 0 aliphatic heterocycles. The number of benzene rings is 1. The molecule has 0 bridgehead atoms. The zero-order valence-electron chi connectivity index (χ0n) is 13.6. The molecule has 4 nitrogen and oxygen atoms in total. The molecule has 0 fully saturated rings. The van der Waals surface area contributed by atoms with Gasteiger partial charge in [0.1, 0.15) is 5.15 Å². The van der Waals surface area contributed by atoms with Crippen molar-refractivity contribution in [2.75, 3.05) is 11.9 Å². The Bertz CT molecular complexity index is 643. The van der Waals surface area contributed by atoms with E-state index in [0.29, 0.717) is 17.7 Å². The van der Waals surface area contributed by atoms with Crippen LogP contribution in [0, 0.1) is 0 Å². The molecule has 1 aromatic carbocycles. The number of hydrogen-bond acceptors (Lipinski definition) is 2. The Morgan fingerprint density at radius 3 is 2.43 bits per heavy atom. The number of guanidine groups is 1. The minimum absolute atomic E-state index is 0.447. The summed E-state index contributed by atoms with van der Waals surface area (Å²) < 4.78 is 0. The molecule has 0 atom stereocenters. The normalized spacial score (nSPS) is 11.5. The summed E-state index contributed by atoms with van der Waals surface area (Å²) in [6.45, 7) is 4.89. The van der Waals surface area contributed by atoms with Crippen molar-refractivity contribution in [1.82, 2.24) is 4.98 Å². The van der Waals surface area contributed by atoms with Crippen LogP contribution in [0.3, 0.4) is 0 Å². The summed E-state index contributed by atoms with van der Waals surface area (Å²) in [7, 11) is 0. The number of aryl methyl sites for hydroxylation is 2. The SMILES string of the molecule is CCc1cccc(CC)c1NC(N)=NCCc1ccc(Cl)nc1. The number of pyridine rings is 1. The van der Waals surface area contributed by atoms with Gasteiger partial charge in [-0.1, -0.05) is 49.7 Å². The Labute approximate surface area is 142 Å². The average molecular weight is 331 g/mol. The molecule has 0 saturated carbocycles. The number of hydrogen-bond donors (Lipinski definition) is 2. The topological polar surface area (TPSA) is 63.3 Å². The lowest BCUT2D eigenvalue weighted by Crippen LogP contribution is -2.24. The highest BCUT2D eigenvalue weighted by molar-refractivity contribution is 6.29. The molecule has 3 N–H and O–H groups in total. The summed E-state index contributed by atoms with van der Waals surface area (Å²) in [5.74, 6) is 0.447. The molecular weight excluding hydrogens is 308 g/mol. The molecule has 23 heavy (non-hydrogen) atoms. The number of anilines is 1. The van der Waals surface area contributed by atoms with Gasteiger partial charge in [0.25, 0.3) is 0 Å². The van der Waals surface area contributed by atoms with Crippen LogP contribution in [0.5, 0.6) is 0 Å². The van der Waals surface area contributed by atoms with E-state index in [-0.39, 0.29) is 0 Å². The minimum Gasteiger partial charge on any atom is -0.370 e. The second kappa shape index (κ2) is 8.53. The molecule has 1 aromatic heterocycles. The molecule has 5 heteroatoms. The Morgan fingerprint density at radius 2 is 1.87 bits per heavy atom. The highest BCUT2D eigenvalue weighted by Gasteiger charge is 2.06. The standard InChI is InChI=1S/C18H23ClN4/c1-3-14-6-5-7-15(4-2)17(14)23-18(20)21-11-10-13-8-9-16(19)22-12-13/h5-9,12H,3-4,10-11H2,1-2H3,(H3,20,21,23). The highest BCUT2D eigenvalue weighted by Crippen LogP contribution is 2.22. The first-order valence-corrected chi connectivity index (χ1v) is 8.30. The zero-order valence-corrected chi connectivity index (χ0v) is 14.4. The van der Waals surface area contributed by atoms with Crippen molar-refractivity contribution in [1.29, 1.82) is 0 Å². The molecule has 0 saturated heterocycles. The van der Waals surface area contributed by atoms with E-state index in [0.717, 1.165) is 30.5 Å². The van der Waals surface area contributed by atoms with Crippen molar-refractivity contribution in [2.24, 2.45) is 10.7 Å². The van der Waals surface area contributed by atoms with Gasteiger partial charge in [-0.15, -0.1) is 0 Å². The number of aliphatic imine (C=N–C) groups is 1. The van der Waals surface area contributed by atoms with Gasteiger partial charge in [-0.25, -0.2) is 4.98 Å². The van der Waals surface area contributed by atoms with Gasteiger partial charge in [-0.3, -0.25) is 4.99 Å². The van der Waals surface area contributed by atoms with E-state index in [2.05, 4.69) is 47.3 Å². The van der Waals surface area contributed by atoms with Gasteiger partial charge >= 0.3 is 0 Å². The third-order valence-electron chi connectivity index (χ3n) is 3.72. The number of para-hydroxylation sites is 1. The third kappa shape index (κ3) is 4.96. The fourth-order valence-electron chi connectivity index (χ4n) is 2.43. The van der Waals surface area contributed by atoms with Crippen LogP contribution in [0.4, 0.5) is 5.69 Å². The van der Waals surface area contributed by atoms with Crippen molar-refractivity contribution in [3.05, 3.63) is 58.4 Å². The van der Waals surface area contributed by atoms with Gasteiger partial charge in [0, 0.05) is 18.4 Å². The average Bonchev–Trinajstić information content (AvgIpc) is 2.57. The van der Waals surface area contributed by atoms with E-state index in [4.69, 9.17) is 17.3 Å². The first-order chi connectivity index (χ1) is 11.1. The van der Waals surface area contributed by atoms with Gasteiger partial charge in [0.05, 0.1) is 0 Å². The van der Waals surface area contributed by atoms with Crippen molar-refractivity contribution in [3.63, 3.8) is 0 Å². The Balaban J connectivity index is 2.01. The highest BCUT2D eigenvalue weighted by atomic mass is 35.5. The number of nitrogens with one attached hydrogen (secondary N) is 1. The lowest BCUT2D eigenvalue weighted by atomic mass is 10.0. The molecule has 0 unspecified atom stereocenters. The van der Waals surface area contributed by atoms with E-state index >= 15 is 0 Å². The van der Waals surface area contributed by atoms with Crippen LogP contribution >= 0.6 is 11.6 Å². The fraction of sp³-hybridized carbons (Fsp3) is 0.333. The Kier molecular flexibility index (Phi) is 6.41.